The number of nitrogens with zero attached hydrogens (tertiary/aromatic N) is 1. The van der Waals surface area contributed by atoms with E-state index < -0.39 is 6.04 Å². The molecule has 1 aliphatic heterocycles. The molecule has 0 saturated heterocycles. The quantitative estimate of drug-likeness (QED) is 0.347. The highest BCUT2D eigenvalue weighted by molar-refractivity contribution is 7.80. The molecule has 0 saturated carbocycles. The summed E-state index contributed by atoms with van der Waals surface area (Å²) in [7, 11) is 1.35. The third kappa shape index (κ3) is 5.35. The number of benzene rings is 3. The van der Waals surface area contributed by atoms with E-state index in [9.17, 15) is 9.59 Å². The van der Waals surface area contributed by atoms with E-state index in [1.165, 1.54) is 12.7 Å². The van der Waals surface area contributed by atoms with Crippen LogP contribution in [0.1, 0.15) is 35.3 Å². The minimum Gasteiger partial charge on any atom is -0.467 e. The number of carbonyl (C=O) groups excluding carboxylic acids is 2. The van der Waals surface area contributed by atoms with E-state index in [1.54, 1.807) is 4.90 Å². The predicted octanol–water partition coefficient (Wildman–Crippen LogP) is 5.62. The Hall–Kier alpha value is -3.71. The standard InChI is InChI=1S/C28H29N3O3S/c1-17(2)25(27(33)34-4)31-16-21-8-7-20(15-24(21)26(31)32)19-9-13-23(14-10-19)30-28(35)29-22-11-5-18(3)6-12-22/h5-15,17,25H,16H2,1-4H3,(H2,29,30,35)/t25-/m0/s1. The van der Waals surface area contributed by atoms with Gasteiger partial charge in [-0.1, -0.05) is 55.8 Å². The van der Waals surface area contributed by atoms with E-state index in [0.717, 1.165) is 28.1 Å². The van der Waals surface area contributed by atoms with Crippen LogP contribution in [0, 0.1) is 12.8 Å². The molecule has 3 aromatic rings. The maximum absolute atomic E-state index is 13.2. The van der Waals surface area contributed by atoms with E-state index in [-0.39, 0.29) is 17.8 Å². The second-order valence-corrected chi connectivity index (χ2v) is 9.45. The van der Waals surface area contributed by atoms with Gasteiger partial charge < -0.3 is 20.3 Å². The van der Waals surface area contributed by atoms with Crippen LogP contribution in [-0.2, 0) is 16.1 Å². The Morgan fingerprint density at radius 2 is 1.51 bits per heavy atom. The van der Waals surface area contributed by atoms with Crippen LogP contribution in [0.5, 0.6) is 0 Å². The molecule has 2 N–H and O–H groups in total. The number of esters is 1. The average molecular weight is 488 g/mol. The van der Waals surface area contributed by atoms with E-state index in [1.807, 2.05) is 87.5 Å². The van der Waals surface area contributed by atoms with Crippen molar-refractivity contribution in [3.05, 3.63) is 83.4 Å². The van der Waals surface area contributed by atoms with E-state index >= 15 is 0 Å². The first-order valence-electron chi connectivity index (χ1n) is 11.5. The summed E-state index contributed by atoms with van der Waals surface area (Å²) < 4.78 is 4.95. The van der Waals surface area contributed by atoms with Crippen molar-refractivity contribution in [2.24, 2.45) is 5.92 Å². The number of aryl methyl sites for hydroxylation is 1. The van der Waals surface area contributed by atoms with Gasteiger partial charge in [-0.15, -0.1) is 0 Å². The van der Waals surface area contributed by atoms with Crippen molar-refractivity contribution < 1.29 is 14.3 Å². The lowest BCUT2D eigenvalue weighted by Gasteiger charge is -2.28. The fourth-order valence-electron chi connectivity index (χ4n) is 4.28. The summed E-state index contributed by atoms with van der Waals surface area (Å²) >= 11 is 5.42. The number of thiocarbonyl (C=S) groups is 1. The maximum Gasteiger partial charge on any atom is 0.328 e. The lowest BCUT2D eigenvalue weighted by atomic mass is 10.00. The minimum absolute atomic E-state index is 0.0493. The molecule has 0 fully saturated rings. The average Bonchev–Trinajstić information content (AvgIpc) is 3.16. The summed E-state index contributed by atoms with van der Waals surface area (Å²) in [6.45, 7) is 6.28. The molecule has 1 aliphatic rings. The van der Waals surface area contributed by atoms with Gasteiger partial charge in [-0.25, -0.2) is 4.79 Å². The topological polar surface area (TPSA) is 70.7 Å². The lowest BCUT2D eigenvalue weighted by Crippen LogP contribution is -2.45. The second-order valence-electron chi connectivity index (χ2n) is 9.04. The number of rotatable bonds is 6. The first kappa shape index (κ1) is 24.4. The molecule has 0 radical (unpaired) electrons. The SMILES string of the molecule is COC(=O)[C@H](C(C)C)N1Cc2ccc(-c3ccc(NC(=S)Nc4ccc(C)cc4)cc3)cc2C1=O. The molecule has 3 aromatic carbocycles. The number of carbonyl (C=O) groups is 2. The molecule has 0 aliphatic carbocycles. The van der Waals surface area contributed by atoms with Crippen molar-refractivity contribution in [1.82, 2.24) is 4.90 Å². The molecule has 1 heterocycles. The van der Waals surface area contributed by atoms with Gasteiger partial charge in [0.15, 0.2) is 5.11 Å². The van der Waals surface area contributed by atoms with Gasteiger partial charge in [0.25, 0.3) is 5.91 Å². The Balaban J connectivity index is 1.46. The van der Waals surface area contributed by atoms with Crippen molar-refractivity contribution >= 4 is 40.6 Å². The molecule has 180 valence electrons. The van der Waals surface area contributed by atoms with Crippen LogP contribution in [0.4, 0.5) is 11.4 Å². The first-order chi connectivity index (χ1) is 16.8. The highest BCUT2D eigenvalue weighted by Gasteiger charge is 2.38. The molecule has 6 nitrogen and oxygen atoms in total. The minimum atomic E-state index is -0.605. The summed E-state index contributed by atoms with van der Waals surface area (Å²) in [6, 6.07) is 21.2. The van der Waals surface area contributed by atoms with Crippen molar-refractivity contribution in [3.8, 4) is 11.1 Å². The normalized spacial score (nSPS) is 13.4. The first-order valence-corrected chi connectivity index (χ1v) is 11.9. The molecule has 0 spiro atoms. The Morgan fingerprint density at radius 3 is 2.09 bits per heavy atom. The number of ether oxygens (including phenoxy) is 1. The van der Waals surface area contributed by atoms with Crippen LogP contribution in [-0.4, -0.2) is 35.0 Å². The number of amides is 1. The van der Waals surface area contributed by atoms with Crippen molar-refractivity contribution in [1.29, 1.82) is 0 Å². The monoisotopic (exact) mass is 487 g/mol. The van der Waals surface area contributed by atoms with Gasteiger partial charge in [-0.05, 0) is 72.1 Å². The zero-order chi connectivity index (χ0) is 25.1. The zero-order valence-corrected chi connectivity index (χ0v) is 21.1. The van der Waals surface area contributed by atoms with Crippen LogP contribution in [0.3, 0.4) is 0 Å². The third-order valence-electron chi connectivity index (χ3n) is 6.14. The van der Waals surface area contributed by atoms with Gasteiger partial charge in [0.05, 0.1) is 7.11 Å². The largest absolute Gasteiger partial charge is 0.467 e. The van der Waals surface area contributed by atoms with Crippen molar-refractivity contribution in [3.63, 3.8) is 0 Å². The molecule has 1 atom stereocenters. The smallest absolute Gasteiger partial charge is 0.328 e. The number of fused-ring (bicyclic) bond motifs is 1. The Morgan fingerprint density at radius 1 is 0.943 bits per heavy atom. The number of hydrogen-bond acceptors (Lipinski definition) is 4. The van der Waals surface area contributed by atoms with Crippen molar-refractivity contribution in [2.45, 2.75) is 33.4 Å². The fraction of sp³-hybridized carbons (Fsp3) is 0.250. The van der Waals surface area contributed by atoms with E-state index in [2.05, 4.69) is 10.6 Å². The Kier molecular flexibility index (Phi) is 7.17. The van der Waals surface area contributed by atoms with Crippen LogP contribution in [0.15, 0.2) is 66.7 Å². The maximum atomic E-state index is 13.2. The molecule has 1 amide bonds. The molecule has 0 unspecified atom stereocenters. The van der Waals surface area contributed by atoms with Crippen LogP contribution in [0.25, 0.3) is 11.1 Å². The van der Waals surface area contributed by atoms with Gasteiger partial charge in [-0.2, -0.15) is 0 Å². The molecule has 0 aromatic heterocycles. The molecule has 4 rings (SSSR count). The molecular weight excluding hydrogens is 458 g/mol. The summed E-state index contributed by atoms with van der Waals surface area (Å²) in [5.74, 6) is -0.581. The van der Waals surface area contributed by atoms with Crippen LogP contribution < -0.4 is 10.6 Å². The molecule has 35 heavy (non-hydrogen) atoms. The summed E-state index contributed by atoms with van der Waals surface area (Å²) in [5.41, 5.74) is 6.43. The third-order valence-corrected chi connectivity index (χ3v) is 6.34. The lowest BCUT2D eigenvalue weighted by molar-refractivity contribution is -0.147. The van der Waals surface area contributed by atoms with Gasteiger partial charge in [0.1, 0.15) is 6.04 Å². The van der Waals surface area contributed by atoms with Crippen molar-refractivity contribution in [2.75, 3.05) is 17.7 Å². The van der Waals surface area contributed by atoms with Gasteiger partial charge >= 0.3 is 5.97 Å². The van der Waals surface area contributed by atoms with Gasteiger partial charge in [0, 0.05) is 23.5 Å². The van der Waals surface area contributed by atoms with Crippen LogP contribution >= 0.6 is 12.2 Å². The Labute approximate surface area is 211 Å². The highest BCUT2D eigenvalue weighted by Crippen LogP contribution is 2.32. The number of anilines is 2. The Bertz CT molecular complexity index is 1250. The number of methoxy groups -OCH3 is 1. The molecular formula is C28H29N3O3S. The number of nitrogens with one attached hydrogen (secondary N) is 2. The zero-order valence-electron chi connectivity index (χ0n) is 20.3. The number of hydrogen-bond donors (Lipinski definition) is 2. The summed E-state index contributed by atoms with van der Waals surface area (Å²) in [5, 5.41) is 6.88. The molecule has 7 heteroatoms. The summed E-state index contributed by atoms with van der Waals surface area (Å²) in [6.07, 6.45) is 0. The van der Waals surface area contributed by atoms with E-state index in [4.69, 9.17) is 17.0 Å². The predicted molar refractivity (Wildman–Crippen MR) is 143 cm³/mol. The highest BCUT2D eigenvalue weighted by atomic mass is 32.1. The van der Waals surface area contributed by atoms with Gasteiger partial charge in [-0.3, -0.25) is 4.79 Å². The van der Waals surface area contributed by atoms with Gasteiger partial charge in [0.2, 0.25) is 0 Å². The van der Waals surface area contributed by atoms with Crippen LogP contribution in [0.2, 0.25) is 0 Å². The molecule has 0 bridgehead atoms. The second kappa shape index (κ2) is 10.3. The summed E-state index contributed by atoms with van der Waals surface area (Å²) in [4.78, 5) is 27.1. The fourth-order valence-corrected chi connectivity index (χ4v) is 4.52. The van der Waals surface area contributed by atoms with E-state index in [0.29, 0.717) is 17.2 Å².